The first-order chi connectivity index (χ1) is 10.7. The summed E-state index contributed by atoms with van der Waals surface area (Å²) >= 11 is 5.95. The van der Waals surface area contributed by atoms with Crippen LogP contribution in [0, 0.1) is 0 Å². The molecule has 0 radical (unpaired) electrons. The molecule has 1 aromatic rings. The summed E-state index contributed by atoms with van der Waals surface area (Å²) in [5.41, 5.74) is 1.14. The minimum absolute atomic E-state index is 0.0217. The molecule has 1 saturated heterocycles. The highest BCUT2D eigenvalue weighted by atomic mass is 35.5. The summed E-state index contributed by atoms with van der Waals surface area (Å²) < 4.78 is 5.08. The Kier molecular flexibility index (Phi) is 6.96. The smallest absolute Gasteiger partial charge is 0.317 e. The van der Waals surface area contributed by atoms with Gasteiger partial charge in [0.05, 0.1) is 6.61 Å². The predicted octanol–water partition coefficient (Wildman–Crippen LogP) is 1.86. The van der Waals surface area contributed by atoms with Crippen LogP contribution in [0.15, 0.2) is 24.3 Å². The quantitative estimate of drug-likeness (QED) is 0.868. The second-order valence-corrected chi connectivity index (χ2v) is 5.87. The van der Waals surface area contributed by atoms with Crippen molar-refractivity contribution in [3.63, 3.8) is 0 Å². The Morgan fingerprint density at radius 2 is 2.09 bits per heavy atom. The van der Waals surface area contributed by atoms with Gasteiger partial charge in [-0.2, -0.15) is 0 Å². The monoisotopic (exact) mass is 325 g/mol. The lowest BCUT2D eigenvalue weighted by atomic mass is 10.1. The number of nitrogens with zero attached hydrogens (tertiary/aromatic N) is 2. The highest BCUT2D eigenvalue weighted by Gasteiger charge is 2.20. The maximum Gasteiger partial charge on any atom is 0.317 e. The van der Waals surface area contributed by atoms with Crippen molar-refractivity contribution >= 4 is 17.6 Å². The van der Waals surface area contributed by atoms with E-state index in [9.17, 15) is 4.79 Å². The van der Waals surface area contributed by atoms with Crippen LogP contribution in [0.1, 0.15) is 5.56 Å². The molecule has 0 spiro atoms. The van der Waals surface area contributed by atoms with E-state index in [0.717, 1.165) is 56.3 Å². The molecule has 0 aromatic heterocycles. The van der Waals surface area contributed by atoms with E-state index in [0.29, 0.717) is 6.54 Å². The zero-order valence-electron chi connectivity index (χ0n) is 13.1. The predicted molar refractivity (Wildman–Crippen MR) is 88.4 cm³/mol. The largest absolute Gasteiger partial charge is 0.383 e. The topological polar surface area (TPSA) is 44.8 Å². The van der Waals surface area contributed by atoms with Crippen LogP contribution in [0.2, 0.25) is 5.02 Å². The number of hydrogen-bond acceptors (Lipinski definition) is 3. The lowest BCUT2D eigenvalue weighted by Gasteiger charge is -2.34. The maximum atomic E-state index is 12.1. The van der Waals surface area contributed by atoms with Crippen molar-refractivity contribution in [2.75, 3.05) is 53.0 Å². The molecule has 0 aliphatic carbocycles. The molecule has 1 heterocycles. The van der Waals surface area contributed by atoms with E-state index in [4.69, 9.17) is 16.3 Å². The van der Waals surface area contributed by atoms with Crippen LogP contribution in [-0.4, -0.2) is 68.8 Å². The molecule has 2 rings (SSSR count). The van der Waals surface area contributed by atoms with Gasteiger partial charge in [-0.3, -0.25) is 4.90 Å². The van der Waals surface area contributed by atoms with E-state index < -0.39 is 0 Å². The van der Waals surface area contributed by atoms with Gasteiger partial charge in [0, 0.05) is 51.4 Å². The molecule has 1 N–H and O–H groups in total. The van der Waals surface area contributed by atoms with Crippen LogP contribution in [0.4, 0.5) is 4.79 Å². The van der Waals surface area contributed by atoms with Gasteiger partial charge in [-0.25, -0.2) is 4.79 Å². The minimum atomic E-state index is 0.0217. The zero-order chi connectivity index (χ0) is 15.8. The van der Waals surface area contributed by atoms with Gasteiger partial charge >= 0.3 is 6.03 Å². The minimum Gasteiger partial charge on any atom is -0.383 e. The van der Waals surface area contributed by atoms with Gasteiger partial charge in [0.15, 0.2) is 0 Å². The second-order valence-electron chi connectivity index (χ2n) is 5.43. The molecule has 0 saturated carbocycles. The first-order valence-electron chi connectivity index (χ1n) is 7.67. The van der Waals surface area contributed by atoms with E-state index in [2.05, 4.69) is 10.2 Å². The van der Waals surface area contributed by atoms with Crippen molar-refractivity contribution in [3.05, 3.63) is 34.9 Å². The van der Waals surface area contributed by atoms with Crippen LogP contribution < -0.4 is 5.32 Å². The number of benzene rings is 1. The molecule has 1 aliphatic rings. The van der Waals surface area contributed by atoms with E-state index in [1.54, 1.807) is 7.11 Å². The fraction of sp³-hybridized carbons (Fsp3) is 0.562. The standard InChI is InChI=1S/C16H24ClN3O2/c1-22-12-11-19-7-9-20(10-8-19)16(21)18-6-5-14-3-2-4-15(17)13-14/h2-4,13H,5-12H2,1H3,(H,18,21). The number of carbonyl (C=O) groups is 1. The number of nitrogens with one attached hydrogen (secondary N) is 1. The molecule has 1 aliphatic heterocycles. The molecule has 2 amide bonds. The Balaban J connectivity index is 1.66. The molecule has 1 fully saturated rings. The van der Waals surface area contributed by atoms with Crippen molar-refractivity contribution in [1.82, 2.24) is 15.1 Å². The van der Waals surface area contributed by atoms with Crippen molar-refractivity contribution in [3.8, 4) is 0 Å². The molecule has 0 bridgehead atoms. The average Bonchev–Trinajstić information content (AvgIpc) is 2.53. The summed E-state index contributed by atoms with van der Waals surface area (Å²) in [6, 6.07) is 7.76. The lowest BCUT2D eigenvalue weighted by Crippen LogP contribution is -2.52. The molecule has 0 atom stereocenters. The molecule has 22 heavy (non-hydrogen) atoms. The van der Waals surface area contributed by atoms with Crippen LogP contribution in [-0.2, 0) is 11.2 Å². The SMILES string of the molecule is COCCN1CCN(C(=O)NCCc2cccc(Cl)c2)CC1. The van der Waals surface area contributed by atoms with Gasteiger partial charge in [-0.15, -0.1) is 0 Å². The van der Waals surface area contributed by atoms with Gasteiger partial charge in [0.25, 0.3) is 0 Å². The first kappa shape index (κ1) is 17.1. The van der Waals surface area contributed by atoms with Gasteiger partial charge in [-0.1, -0.05) is 23.7 Å². The number of methoxy groups -OCH3 is 1. The maximum absolute atomic E-state index is 12.1. The lowest BCUT2D eigenvalue weighted by molar-refractivity contribution is 0.106. The number of halogens is 1. The third-order valence-electron chi connectivity index (χ3n) is 3.85. The number of carbonyl (C=O) groups excluding carboxylic acids is 1. The molecule has 6 heteroatoms. The van der Waals surface area contributed by atoms with E-state index in [1.807, 2.05) is 29.2 Å². The first-order valence-corrected chi connectivity index (χ1v) is 8.05. The highest BCUT2D eigenvalue weighted by Crippen LogP contribution is 2.10. The van der Waals surface area contributed by atoms with Gasteiger partial charge in [-0.05, 0) is 24.1 Å². The number of ether oxygens (including phenoxy) is 1. The van der Waals surface area contributed by atoms with Crippen LogP contribution in [0.25, 0.3) is 0 Å². The van der Waals surface area contributed by atoms with E-state index in [1.165, 1.54) is 0 Å². The molecular formula is C16H24ClN3O2. The van der Waals surface area contributed by atoms with Crippen LogP contribution in [0.5, 0.6) is 0 Å². The fourth-order valence-corrected chi connectivity index (χ4v) is 2.73. The average molecular weight is 326 g/mol. The summed E-state index contributed by atoms with van der Waals surface area (Å²) in [4.78, 5) is 16.3. The normalized spacial score (nSPS) is 15.8. The molecule has 5 nitrogen and oxygen atoms in total. The van der Waals surface area contributed by atoms with Gasteiger partial charge in [0.2, 0.25) is 0 Å². The molecular weight excluding hydrogens is 302 g/mol. The third kappa shape index (κ3) is 5.48. The number of urea groups is 1. The van der Waals surface area contributed by atoms with Gasteiger partial charge < -0.3 is 15.0 Å². The van der Waals surface area contributed by atoms with Crippen molar-refractivity contribution in [2.45, 2.75) is 6.42 Å². The summed E-state index contributed by atoms with van der Waals surface area (Å²) in [6.45, 7) is 5.66. The number of hydrogen-bond donors (Lipinski definition) is 1. The fourth-order valence-electron chi connectivity index (χ4n) is 2.51. The number of piperazine rings is 1. The summed E-state index contributed by atoms with van der Waals surface area (Å²) in [7, 11) is 1.71. The third-order valence-corrected chi connectivity index (χ3v) is 4.09. The zero-order valence-corrected chi connectivity index (χ0v) is 13.8. The highest BCUT2D eigenvalue weighted by molar-refractivity contribution is 6.30. The van der Waals surface area contributed by atoms with E-state index >= 15 is 0 Å². The summed E-state index contributed by atoms with van der Waals surface area (Å²) in [6.07, 6.45) is 0.792. The Morgan fingerprint density at radius 3 is 2.77 bits per heavy atom. The van der Waals surface area contributed by atoms with E-state index in [-0.39, 0.29) is 6.03 Å². The van der Waals surface area contributed by atoms with Crippen molar-refractivity contribution < 1.29 is 9.53 Å². The number of rotatable bonds is 6. The Labute approximate surface area is 137 Å². The van der Waals surface area contributed by atoms with Gasteiger partial charge in [0.1, 0.15) is 0 Å². The molecule has 1 aromatic carbocycles. The van der Waals surface area contributed by atoms with Crippen LogP contribution in [0.3, 0.4) is 0 Å². The Hall–Kier alpha value is -1.30. The second kappa shape index (κ2) is 8.98. The van der Waals surface area contributed by atoms with Crippen molar-refractivity contribution in [1.29, 1.82) is 0 Å². The molecule has 0 unspecified atom stereocenters. The van der Waals surface area contributed by atoms with Crippen molar-refractivity contribution in [2.24, 2.45) is 0 Å². The summed E-state index contributed by atoms with van der Waals surface area (Å²) in [5.74, 6) is 0. The van der Waals surface area contributed by atoms with Crippen LogP contribution >= 0.6 is 11.6 Å². The Morgan fingerprint density at radius 1 is 1.32 bits per heavy atom. The Bertz CT molecular complexity index is 476. The summed E-state index contributed by atoms with van der Waals surface area (Å²) in [5, 5.41) is 3.71. The molecule has 122 valence electrons. The number of amides is 2.